The van der Waals surface area contributed by atoms with E-state index in [2.05, 4.69) is 0 Å². The smallest absolute Gasteiger partial charge is 0.292 e. The van der Waals surface area contributed by atoms with Gasteiger partial charge in [-0.1, -0.05) is 46.4 Å². The van der Waals surface area contributed by atoms with Crippen molar-refractivity contribution in [2.75, 3.05) is 36.0 Å². The van der Waals surface area contributed by atoms with E-state index in [1.54, 1.807) is 36.4 Å². The van der Waals surface area contributed by atoms with Crippen molar-refractivity contribution in [3.05, 3.63) is 56.5 Å². The molecule has 0 aliphatic carbocycles. The van der Waals surface area contributed by atoms with Crippen molar-refractivity contribution in [3.63, 3.8) is 0 Å². The number of anilines is 2. The third kappa shape index (κ3) is 4.74. The second kappa shape index (κ2) is 9.93. The molecule has 0 spiro atoms. The molecule has 36 heavy (non-hydrogen) atoms. The number of carbonyl (C=O) groups excluding carboxylic acids is 4. The molecular weight excluding hydrogens is 550 g/mol. The maximum absolute atomic E-state index is 13.2. The van der Waals surface area contributed by atoms with Crippen molar-refractivity contribution in [3.8, 4) is 0 Å². The number of amides is 4. The van der Waals surface area contributed by atoms with Gasteiger partial charge in [-0.15, -0.1) is 0 Å². The van der Waals surface area contributed by atoms with Gasteiger partial charge in [-0.2, -0.15) is 0 Å². The normalized spacial score (nSPS) is 26.9. The summed E-state index contributed by atoms with van der Waals surface area (Å²) in [5.74, 6) is -1.16. The Kier molecular flexibility index (Phi) is 7.02. The fourth-order valence-corrected chi connectivity index (χ4v) is 6.40. The largest absolute Gasteiger partial charge is 0.315 e. The molecule has 3 saturated heterocycles. The molecule has 2 N–H and O–H groups in total. The number of piperazine rings is 1. The molecular formula is C24H22Cl4N4O4+2. The molecule has 3 fully saturated rings. The van der Waals surface area contributed by atoms with Gasteiger partial charge in [-0.3, -0.25) is 19.2 Å². The van der Waals surface area contributed by atoms with Gasteiger partial charge in [0.1, 0.15) is 26.2 Å². The number of imide groups is 2. The Morgan fingerprint density at radius 1 is 0.556 bits per heavy atom. The number of nitrogens with zero attached hydrogens (tertiary/aromatic N) is 2. The molecule has 2 aromatic rings. The summed E-state index contributed by atoms with van der Waals surface area (Å²) >= 11 is 24.3. The number of hydrogen-bond acceptors (Lipinski definition) is 4. The first-order valence-electron chi connectivity index (χ1n) is 11.5. The highest BCUT2D eigenvalue weighted by Crippen LogP contribution is 2.30. The number of quaternary nitrogens is 2. The number of carbonyl (C=O) groups is 4. The quantitative estimate of drug-likeness (QED) is 0.537. The molecule has 3 heterocycles. The second-order valence-corrected chi connectivity index (χ2v) is 11.0. The van der Waals surface area contributed by atoms with Crippen LogP contribution in [0, 0.1) is 0 Å². The third-order valence-corrected chi connectivity index (χ3v) is 7.90. The summed E-state index contributed by atoms with van der Waals surface area (Å²) in [6, 6.07) is 8.24. The first-order chi connectivity index (χ1) is 17.1. The van der Waals surface area contributed by atoms with E-state index < -0.39 is 12.1 Å². The summed E-state index contributed by atoms with van der Waals surface area (Å²) in [7, 11) is 0. The zero-order valence-corrected chi connectivity index (χ0v) is 21.9. The highest BCUT2D eigenvalue weighted by molar-refractivity contribution is 6.36. The summed E-state index contributed by atoms with van der Waals surface area (Å²) in [5, 5.41) is 1.37. The van der Waals surface area contributed by atoms with E-state index in [9.17, 15) is 19.2 Å². The van der Waals surface area contributed by atoms with Crippen LogP contribution in [0.2, 0.25) is 20.1 Å². The van der Waals surface area contributed by atoms with Crippen molar-refractivity contribution in [1.82, 2.24) is 0 Å². The lowest BCUT2D eigenvalue weighted by Crippen LogP contribution is -3.31. The lowest BCUT2D eigenvalue weighted by Gasteiger charge is -2.34. The summed E-state index contributed by atoms with van der Waals surface area (Å²) in [4.78, 5) is 56.1. The van der Waals surface area contributed by atoms with Gasteiger partial charge in [0.25, 0.3) is 11.8 Å². The molecule has 5 rings (SSSR count). The minimum atomic E-state index is -0.511. The fraction of sp³-hybridized carbons (Fsp3) is 0.333. The van der Waals surface area contributed by atoms with E-state index in [0.29, 0.717) is 57.6 Å². The van der Waals surface area contributed by atoms with Crippen LogP contribution in [0.4, 0.5) is 11.4 Å². The number of hydrogen-bond donors (Lipinski definition) is 2. The van der Waals surface area contributed by atoms with Gasteiger partial charge in [0, 0.05) is 20.1 Å². The highest BCUT2D eigenvalue weighted by atomic mass is 35.5. The van der Waals surface area contributed by atoms with Gasteiger partial charge in [0.15, 0.2) is 12.1 Å². The summed E-state index contributed by atoms with van der Waals surface area (Å²) in [6.45, 7) is 2.35. The average Bonchev–Trinajstić information content (AvgIpc) is 3.26. The lowest BCUT2D eigenvalue weighted by atomic mass is 10.1. The van der Waals surface area contributed by atoms with Crippen LogP contribution in [0.5, 0.6) is 0 Å². The van der Waals surface area contributed by atoms with Crippen LogP contribution in [0.1, 0.15) is 12.8 Å². The van der Waals surface area contributed by atoms with E-state index in [-0.39, 0.29) is 36.5 Å². The Morgan fingerprint density at radius 3 is 1.17 bits per heavy atom. The second-order valence-electron chi connectivity index (χ2n) is 9.22. The van der Waals surface area contributed by atoms with Crippen LogP contribution in [0.25, 0.3) is 0 Å². The molecule has 0 radical (unpaired) electrons. The Hall–Kier alpha value is -2.20. The van der Waals surface area contributed by atoms with Crippen molar-refractivity contribution < 1.29 is 29.0 Å². The standard InChI is InChI=1S/C24H20Cl4N4O4/c25-13-5-14(26)8-17(7-13)31-21(33)11-19(23(31)35)29-1-2-30(4-3-29)20-12-22(34)32(24(20)36)18-9-15(27)6-16(28)10-18/h5-10,19-20H,1-4,11-12H2/p+2/t19-,20+. The van der Waals surface area contributed by atoms with Crippen LogP contribution in [0.15, 0.2) is 36.4 Å². The Bertz CT molecular complexity index is 1140. The van der Waals surface area contributed by atoms with Gasteiger partial charge in [-0.05, 0) is 36.4 Å². The fourth-order valence-electron chi connectivity index (χ4n) is 5.37. The molecule has 0 saturated carbocycles. The van der Waals surface area contributed by atoms with Crippen molar-refractivity contribution in [1.29, 1.82) is 0 Å². The molecule has 2 atom stereocenters. The minimum Gasteiger partial charge on any atom is -0.315 e. The molecule has 0 aromatic heterocycles. The third-order valence-electron chi connectivity index (χ3n) is 7.02. The zero-order chi connectivity index (χ0) is 25.7. The Morgan fingerprint density at radius 2 is 0.861 bits per heavy atom. The van der Waals surface area contributed by atoms with Crippen LogP contribution < -0.4 is 19.6 Å². The van der Waals surface area contributed by atoms with Gasteiger partial charge >= 0.3 is 0 Å². The Labute approximate surface area is 227 Å². The monoisotopic (exact) mass is 570 g/mol. The molecule has 2 aromatic carbocycles. The van der Waals surface area contributed by atoms with Crippen molar-refractivity contribution in [2.24, 2.45) is 0 Å². The highest BCUT2D eigenvalue weighted by Gasteiger charge is 2.50. The lowest BCUT2D eigenvalue weighted by molar-refractivity contribution is -1.02. The molecule has 4 amide bonds. The predicted octanol–water partition coefficient (Wildman–Crippen LogP) is 1.05. The summed E-state index contributed by atoms with van der Waals surface area (Å²) in [5.41, 5.74) is 0.731. The summed E-state index contributed by atoms with van der Waals surface area (Å²) in [6.07, 6.45) is 0.190. The molecule has 8 nitrogen and oxygen atoms in total. The number of benzene rings is 2. The van der Waals surface area contributed by atoms with Crippen LogP contribution >= 0.6 is 46.4 Å². The molecule has 188 valence electrons. The van der Waals surface area contributed by atoms with Crippen molar-refractivity contribution >= 4 is 81.4 Å². The molecule has 3 aliphatic heterocycles. The first kappa shape index (κ1) is 25.4. The molecule has 0 bridgehead atoms. The number of halogens is 4. The average molecular weight is 572 g/mol. The number of rotatable bonds is 4. The maximum atomic E-state index is 13.2. The Balaban J connectivity index is 1.25. The van der Waals surface area contributed by atoms with E-state index in [1.807, 2.05) is 0 Å². The zero-order valence-electron chi connectivity index (χ0n) is 18.9. The van der Waals surface area contributed by atoms with Gasteiger partial charge < -0.3 is 9.80 Å². The molecule has 0 unspecified atom stereocenters. The summed E-state index contributed by atoms with van der Waals surface area (Å²) < 4.78 is 0. The number of nitrogens with one attached hydrogen (secondary N) is 2. The van der Waals surface area contributed by atoms with Gasteiger partial charge in [-0.25, -0.2) is 9.80 Å². The van der Waals surface area contributed by atoms with E-state index in [0.717, 1.165) is 19.6 Å². The predicted molar refractivity (Wildman–Crippen MR) is 136 cm³/mol. The van der Waals surface area contributed by atoms with Gasteiger partial charge in [0.05, 0.1) is 24.2 Å². The first-order valence-corrected chi connectivity index (χ1v) is 13.0. The topological polar surface area (TPSA) is 83.6 Å². The van der Waals surface area contributed by atoms with Crippen LogP contribution in [0.3, 0.4) is 0 Å². The maximum Gasteiger partial charge on any atom is 0.292 e. The molecule has 12 heteroatoms. The van der Waals surface area contributed by atoms with E-state index >= 15 is 0 Å². The SMILES string of the molecule is O=C1C[C@@H]([NH+]2CC[NH+]([C@H]3CC(=O)N(c4cc(Cl)cc(Cl)c4)C3=O)CC2)C(=O)N1c1cc(Cl)cc(Cl)c1. The van der Waals surface area contributed by atoms with Crippen LogP contribution in [-0.4, -0.2) is 61.9 Å². The minimum absolute atomic E-state index is 0.0950. The van der Waals surface area contributed by atoms with Crippen LogP contribution in [-0.2, 0) is 19.2 Å². The van der Waals surface area contributed by atoms with Gasteiger partial charge in [0.2, 0.25) is 11.8 Å². The van der Waals surface area contributed by atoms with Crippen molar-refractivity contribution in [2.45, 2.75) is 24.9 Å². The molecule has 3 aliphatic rings. The van der Waals surface area contributed by atoms with E-state index in [1.165, 1.54) is 0 Å². The van der Waals surface area contributed by atoms with E-state index in [4.69, 9.17) is 46.4 Å².